The van der Waals surface area contributed by atoms with Crippen LogP contribution in [0.3, 0.4) is 0 Å². The van der Waals surface area contributed by atoms with Crippen molar-refractivity contribution in [1.29, 1.82) is 0 Å². The van der Waals surface area contributed by atoms with E-state index in [9.17, 15) is 9.50 Å². The Morgan fingerprint density at radius 2 is 1.97 bits per heavy atom. The second-order valence-corrected chi connectivity index (χ2v) is 9.80. The SMILES string of the molecule is Cc1nc2cc(-c3cc4ccn([C@H]5CC(C)(C)NC(C)(C)[C@H]5F)c4nn3)c(O)c(F)c2o1. The van der Waals surface area contributed by atoms with Crippen molar-refractivity contribution in [3.63, 3.8) is 0 Å². The summed E-state index contributed by atoms with van der Waals surface area (Å²) in [7, 11) is 0. The molecule has 5 rings (SSSR count). The highest BCUT2D eigenvalue weighted by atomic mass is 19.1. The normalized spacial score (nSPS) is 22.6. The van der Waals surface area contributed by atoms with E-state index in [0.29, 0.717) is 23.3 Å². The first-order valence-corrected chi connectivity index (χ1v) is 10.5. The number of nitrogens with one attached hydrogen (secondary N) is 1. The van der Waals surface area contributed by atoms with Gasteiger partial charge in [-0.15, -0.1) is 10.2 Å². The predicted molar refractivity (Wildman–Crippen MR) is 117 cm³/mol. The van der Waals surface area contributed by atoms with E-state index in [1.54, 1.807) is 13.0 Å². The molecule has 1 fully saturated rings. The van der Waals surface area contributed by atoms with Gasteiger partial charge in [0.15, 0.2) is 22.9 Å². The summed E-state index contributed by atoms with van der Waals surface area (Å²) in [5.41, 5.74) is 0.212. The number of oxazole rings is 1. The minimum absolute atomic E-state index is 0.103. The van der Waals surface area contributed by atoms with E-state index < -0.39 is 29.3 Å². The zero-order valence-electron chi connectivity index (χ0n) is 18.6. The van der Waals surface area contributed by atoms with Crippen LogP contribution in [-0.2, 0) is 0 Å². The lowest BCUT2D eigenvalue weighted by molar-refractivity contribution is 0.0313. The average Bonchev–Trinajstić information content (AvgIpc) is 3.29. The van der Waals surface area contributed by atoms with Gasteiger partial charge in [-0.2, -0.15) is 4.39 Å². The van der Waals surface area contributed by atoms with Crippen LogP contribution >= 0.6 is 0 Å². The van der Waals surface area contributed by atoms with Crippen molar-refractivity contribution in [2.24, 2.45) is 0 Å². The first kappa shape index (κ1) is 20.8. The maximum Gasteiger partial charge on any atom is 0.210 e. The van der Waals surface area contributed by atoms with Gasteiger partial charge in [-0.05, 0) is 52.3 Å². The number of halogens is 2. The number of hydrogen-bond acceptors (Lipinski definition) is 6. The number of alkyl halides is 1. The number of nitrogens with zero attached hydrogens (tertiary/aromatic N) is 4. The van der Waals surface area contributed by atoms with E-state index in [1.807, 2.05) is 30.7 Å². The Balaban J connectivity index is 1.60. The molecule has 0 amide bonds. The molecule has 4 heterocycles. The molecule has 0 unspecified atom stereocenters. The fraction of sp³-hybridized carbons (Fsp3) is 0.435. The quantitative estimate of drug-likeness (QED) is 0.464. The molecule has 9 heteroatoms. The van der Waals surface area contributed by atoms with Crippen LogP contribution in [0.15, 0.2) is 28.8 Å². The van der Waals surface area contributed by atoms with Crippen LogP contribution in [-0.4, -0.2) is 42.1 Å². The molecule has 168 valence electrons. The number of phenolic OH excluding ortho intramolecular Hbond substituents is 1. The molecule has 1 aliphatic heterocycles. The fourth-order valence-electron chi connectivity index (χ4n) is 5.02. The summed E-state index contributed by atoms with van der Waals surface area (Å²) in [6.45, 7) is 9.44. The van der Waals surface area contributed by atoms with Gasteiger partial charge in [-0.3, -0.25) is 0 Å². The molecular weight excluding hydrogens is 416 g/mol. The molecule has 0 bridgehead atoms. The van der Waals surface area contributed by atoms with Crippen molar-refractivity contribution >= 4 is 22.1 Å². The van der Waals surface area contributed by atoms with Crippen molar-refractivity contribution in [3.05, 3.63) is 36.1 Å². The number of benzene rings is 1. The summed E-state index contributed by atoms with van der Waals surface area (Å²) in [5, 5.41) is 23.0. The lowest BCUT2D eigenvalue weighted by atomic mass is 9.78. The standard InChI is InChI=1S/C23H25F2N5O2/c1-11-26-15-9-13(18(31)17(24)19(15)32-11)14-8-12-6-7-30(21(12)28-27-14)16-10-22(2,3)29-23(4,5)20(16)25/h6-9,16,20,29,31H,10H2,1-5H3/t16-,20-/m0/s1. The van der Waals surface area contributed by atoms with Gasteiger partial charge in [-0.1, -0.05) is 0 Å². The van der Waals surface area contributed by atoms with Crippen molar-refractivity contribution in [2.75, 3.05) is 0 Å². The van der Waals surface area contributed by atoms with Gasteiger partial charge >= 0.3 is 0 Å². The number of phenols is 1. The summed E-state index contributed by atoms with van der Waals surface area (Å²) in [5.74, 6) is -1.17. The van der Waals surface area contributed by atoms with Gasteiger partial charge in [0.05, 0.1) is 11.7 Å². The molecule has 3 aromatic heterocycles. The molecule has 32 heavy (non-hydrogen) atoms. The molecule has 0 spiro atoms. The third-order valence-electron chi connectivity index (χ3n) is 6.21. The van der Waals surface area contributed by atoms with E-state index in [1.165, 1.54) is 6.07 Å². The summed E-state index contributed by atoms with van der Waals surface area (Å²) < 4.78 is 37.1. The first-order valence-electron chi connectivity index (χ1n) is 10.5. The number of fused-ring (bicyclic) bond motifs is 2. The smallest absolute Gasteiger partial charge is 0.210 e. The Bertz CT molecular complexity index is 1360. The van der Waals surface area contributed by atoms with Crippen LogP contribution in [0.2, 0.25) is 0 Å². The molecule has 1 saturated heterocycles. The molecule has 7 nitrogen and oxygen atoms in total. The summed E-state index contributed by atoms with van der Waals surface area (Å²) in [6.07, 6.45) is 1.25. The third-order valence-corrected chi connectivity index (χ3v) is 6.21. The number of aromatic hydroxyl groups is 1. The summed E-state index contributed by atoms with van der Waals surface area (Å²) in [4.78, 5) is 4.15. The molecular formula is C23H25F2N5O2. The van der Waals surface area contributed by atoms with Crippen LogP contribution in [0.1, 0.15) is 46.0 Å². The van der Waals surface area contributed by atoms with Crippen LogP contribution in [0, 0.1) is 12.7 Å². The lowest BCUT2D eigenvalue weighted by Crippen LogP contribution is -2.64. The van der Waals surface area contributed by atoms with Crippen LogP contribution in [0.4, 0.5) is 8.78 Å². The fourth-order valence-corrected chi connectivity index (χ4v) is 5.02. The Labute approximate surface area is 183 Å². The van der Waals surface area contributed by atoms with Crippen molar-refractivity contribution in [1.82, 2.24) is 25.1 Å². The molecule has 4 aromatic rings. The van der Waals surface area contributed by atoms with E-state index in [-0.39, 0.29) is 27.9 Å². The number of aromatic nitrogens is 4. The van der Waals surface area contributed by atoms with E-state index in [4.69, 9.17) is 4.42 Å². The van der Waals surface area contributed by atoms with Gasteiger partial charge in [-0.25, -0.2) is 9.37 Å². The van der Waals surface area contributed by atoms with Gasteiger partial charge in [0.25, 0.3) is 0 Å². The van der Waals surface area contributed by atoms with Crippen molar-refractivity contribution < 1.29 is 18.3 Å². The minimum atomic E-state index is -1.14. The van der Waals surface area contributed by atoms with Crippen molar-refractivity contribution in [2.45, 2.75) is 64.3 Å². The zero-order valence-corrected chi connectivity index (χ0v) is 18.6. The maximum atomic E-state index is 15.4. The summed E-state index contributed by atoms with van der Waals surface area (Å²) in [6, 6.07) is 4.64. The predicted octanol–water partition coefficient (Wildman–Crippen LogP) is 4.82. The second kappa shape index (κ2) is 6.71. The Morgan fingerprint density at radius 3 is 2.72 bits per heavy atom. The number of aryl methyl sites for hydroxylation is 1. The second-order valence-electron chi connectivity index (χ2n) is 9.80. The number of rotatable bonds is 2. The summed E-state index contributed by atoms with van der Waals surface area (Å²) >= 11 is 0. The molecule has 2 atom stereocenters. The molecule has 0 radical (unpaired) electrons. The van der Waals surface area contributed by atoms with Gasteiger partial charge in [0, 0.05) is 35.1 Å². The average molecular weight is 441 g/mol. The van der Waals surface area contributed by atoms with E-state index in [2.05, 4.69) is 34.3 Å². The Kier molecular flexibility index (Phi) is 4.37. The highest BCUT2D eigenvalue weighted by Crippen LogP contribution is 2.41. The van der Waals surface area contributed by atoms with Crippen LogP contribution in [0.25, 0.3) is 33.4 Å². The zero-order chi connectivity index (χ0) is 23.0. The Morgan fingerprint density at radius 1 is 1.22 bits per heavy atom. The topological polar surface area (TPSA) is 89.0 Å². The molecule has 2 N–H and O–H groups in total. The molecule has 0 saturated carbocycles. The van der Waals surface area contributed by atoms with Gasteiger partial charge in [0.2, 0.25) is 5.82 Å². The lowest BCUT2D eigenvalue weighted by Gasteiger charge is -2.49. The van der Waals surface area contributed by atoms with E-state index in [0.717, 1.165) is 0 Å². The van der Waals surface area contributed by atoms with Gasteiger partial charge in [0.1, 0.15) is 11.7 Å². The minimum Gasteiger partial charge on any atom is -0.504 e. The molecule has 1 aliphatic rings. The van der Waals surface area contributed by atoms with Crippen LogP contribution in [0.5, 0.6) is 5.75 Å². The molecule has 1 aromatic carbocycles. The Hall–Kier alpha value is -3.07. The first-order chi connectivity index (χ1) is 15.0. The number of piperidine rings is 1. The highest BCUT2D eigenvalue weighted by molar-refractivity contribution is 5.87. The van der Waals surface area contributed by atoms with E-state index >= 15 is 4.39 Å². The van der Waals surface area contributed by atoms with Crippen molar-refractivity contribution in [3.8, 4) is 17.0 Å². The van der Waals surface area contributed by atoms with Crippen LogP contribution < -0.4 is 5.32 Å². The third kappa shape index (κ3) is 3.14. The monoisotopic (exact) mass is 441 g/mol. The largest absolute Gasteiger partial charge is 0.504 e. The molecule has 0 aliphatic carbocycles. The van der Waals surface area contributed by atoms with Gasteiger partial charge < -0.3 is 19.4 Å². The maximum absolute atomic E-state index is 15.4. The highest BCUT2D eigenvalue weighted by Gasteiger charge is 2.47. The number of hydrogen-bond donors (Lipinski definition) is 2.